The summed E-state index contributed by atoms with van der Waals surface area (Å²) in [5.41, 5.74) is 5.43. The van der Waals surface area contributed by atoms with E-state index in [4.69, 9.17) is 0 Å². The average Bonchev–Trinajstić information content (AvgIpc) is 3.37. The van der Waals surface area contributed by atoms with Gasteiger partial charge in [0.2, 0.25) is 0 Å². The van der Waals surface area contributed by atoms with Crippen LogP contribution in [-0.2, 0) is 27.2 Å². The first-order valence-electron chi connectivity index (χ1n) is 13.4. The summed E-state index contributed by atoms with van der Waals surface area (Å²) in [6, 6.07) is 22.2. The number of benzene rings is 2. The van der Waals surface area contributed by atoms with Crippen LogP contribution in [0.3, 0.4) is 0 Å². The second-order valence-electron chi connectivity index (χ2n) is 10.3. The first-order chi connectivity index (χ1) is 17.7. The van der Waals surface area contributed by atoms with Crippen molar-refractivity contribution in [2.45, 2.75) is 51.6 Å². The first kappa shape index (κ1) is 28.8. The van der Waals surface area contributed by atoms with E-state index in [-0.39, 0.29) is 48.0 Å². The average molecular weight is 730 g/mol. The number of aryl methyl sites for hydroxylation is 4. The minimum Gasteiger partial charge on any atom is -1.00 e. The van der Waals surface area contributed by atoms with Crippen LogP contribution in [0.5, 0.6) is 0 Å². The SMILES string of the molecule is C[n+]1ccc2c(c1)c1ccccc1n2CCCCCCCCn1c2ccccc2c2c[n+](C)ccc21.[I-].[I-]. The standard InChI is InChI=1S/C32H36N4.2HI/c1-33-21-17-31-27(23-33)25-13-7-9-15-29(25)35(31)19-11-5-3-4-6-12-20-36-30-16-10-8-14-26(30)28-24-34(2)22-18-32(28)36;;/h7-10,13-18,21-24H,3-6,11-12,19-20H2,1-2H3;2*1H/q+2;;/p-2. The Hall–Kier alpha value is -2.20. The van der Waals surface area contributed by atoms with Gasteiger partial charge in [0, 0.05) is 47.0 Å². The molecule has 0 spiro atoms. The highest BCUT2D eigenvalue weighted by Crippen LogP contribution is 2.29. The van der Waals surface area contributed by atoms with Gasteiger partial charge in [-0.2, -0.15) is 0 Å². The number of para-hydroxylation sites is 2. The molecule has 0 bridgehead atoms. The molecule has 0 unspecified atom stereocenters. The predicted octanol–water partition coefficient (Wildman–Crippen LogP) is 0.600. The van der Waals surface area contributed by atoms with E-state index in [0.717, 1.165) is 13.1 Å². The molecule has 0 saturated carbocycles. The Bertz CT molecular complexity index is 1560. The predicted molar refractivity (Wildman–Crippen MR) is 149 cm³/mol. The van der Waals surface area contributed by atoms with Gasteiger partial charge in [-0.25, -0.2) is 9.13 Å². The van der Waals surface area contributed by atoms with Crippen LogP contribution in [-0.4, -0.2) is 9.13 Å². The van der Waals surface area contributed by atoms with Crippen molar-refractivity contribution in [3.8, 4) is 0 Å². The van der Waals surface area contributed by atoms with Crippen LogP contribution in [0.15, 0.2) is 85.5 Å². The number of aromatic nitrogens is 4. The second kappa shape index (κ2) is 12.8. The molecule has 6 rings (SSSR count). The van der Waals surface area contributed by atoms with E-state index < -0.39 is 0 Å². The number of nitrogens with zero attached hydrogens (tertiary/aromatic N) is 4. The Balaban J connectivity index is 0.00000168. The summed E-state index contributed by atoms with van der Waals surface area (Å²) in [5.74, 6) is 0. The molecule has 0 fully saturated rings. The van der Waals surface area contributed by atoms with E-state index in [1.165, 1.54) is 82.1 Å². The summed E-state index contributed by atoms with van der Waals surface area (Å²) in [5, 5.41) is 5.44. The Morgan fingerprint density at radius 2 is 0.842 bits per heavy atom. The van der Waals surface area contributed by atoms with Crippen molar-refractivity contribution >= 4 is 43.6 Å². The molecule has 0 radical (unpaired) electrons. The lowest BCUT2D eigenvalue weighted by molar-refractivity contribution is -0.670. The largest absolute Gasteiger partial charge is 1.00 e. The lowest BCUT2D eigenvalue weighted by Gasteiger charge is -2.08. The third-order valence-corrected chi connectivity index (χ3v) is 7.72. The number of hydrogen-bond donors (Lipinski definition) is 0. The van der Waals surface area contributed by atoms with Gasteiger partial charge in [0.15, 0.2) is 24.8 Å². The van der Waals surface area contributed by atoms with Gasteiger partial charge in [-0.1, -0.05) is 62.1 Å². The van der Waals surface area contributed by atoms with Crippen molar-refractivity contribution in [2.24, 2.45) is 14.1 Å². The molecule has 6 aromatic rings. The molecule has 0 aliphatic heterocycles. The van der Waals surface area contributed by atoms with E-state index in [9.17, 15) is 0 Å². The molecule has 0 amide bonds. The fraction of sp³-hybridized carbons (Fsp3) is 0.312. The van der Waals surface area contributed by atoms with Crippen molar-refractivity contribution in [2.75, 3.05) is 0 Å². The molecule has 198 valence electrons. The third-order valence-electron chi connectivity index (χ3n) is 7.72. The Kier molecular flexibility index (Phi) is 9.68. The Labute approximate surface area is 259 Å². The van der Waals surface area contributed by atoms with E-state index in [0.29, 0.717) is 0 Å². The summed E-state index contributed by atoms with van der Waals surface area (Å²) in [4.78, 5) is 0. The quantitative estimate of drug-likeness (QED) is 0.118. The lowest BCUT2D eigenvalue weighted by Crippen LogP contribution is -3.00. The zero-order valence-electron chi connectivity index (χ0n) is 22.3. The molecule has 2 aromatic carbocycles. The van der Waals surface area contributed by atoms with Crippen LogP contribution in [0, 0.1) is 0 Å². The number of halogens is 2. The summed E-state index contributed by atoms with van der Waals surface area (Å²) in [7, 11) is 4.21. The molecule has 6 heteroatoms. The van der Waals surface area contributed by atoms with Crippen molar-refractivity contribution < 1.29 is 57.1 Å². The normalized spacial score (nSPS) is 11.3. The van der Waals surface area contributed by atoms with Crippen LogP contribution in [0.4, 0.5) is 0 Å². The number of rotatable bonds is 9. The maximum absolute atomic E-state index is 2.52. The smallest absolute Gasteiger partial charge is 0.178 e. The van der Waals surface area contributed by atoms with E-state index in [1.807, 2.05) is 0 Å². The molecule has 4 nitrogen and oxygen atoms in total. The maximum atomic E-state index is 2.52. The fourth-order valence-corrected chi connectivity index (χ4v) is 5.93. The molecule has 4 heterocycles. The molecule has 0 aliphatic rings. The number of pyridine rings is 2. The number of hydrogen-bond acceptors (Lipinski definition) is 0. The highest BCUT2D eigenvalue weighted by molar-refractivity contribution is 6.08. The molecule has 0 N–H and O–H groups in total. The van der Waals surface area contributed by atoms with Crippen molar-refractivity contribution in [1.29, 1.82) is 0 Å². The fourth-order valence-electron chi connectivity index (χ4n) is 5.93. The van der Waals surface area contributed by atoms with Crippen LogP contribution in [0.1, 0.15) is 38.5 Å². The van der Waals surface area contributed by atoms with Crippen LogP contribution in [0.2, 0.25) is 0 Å². The summed E-state index contributed by atoms with van der Waals surface area (Å²) in [6.45, 7) is 2.19. The minimum absolute atomic E-state index is 0. The van der Waals surface area contributed by atoms with Crippen LogP contribution in [0.25, 0.3) is 43.6 Å². The summed E-state index contributed by atoms with van der Waals surface area (Å²) >= 11 is 0. The maximum Gasteiger partial charge on any atom is 0.178 e. The Morgan fingerprint density at radius 1 is 0.474 bits per heavy atom. The monoisotopic (exact) mass is 730 g/mol. The molecule has 38 heavy (non-hydrogen) atoms. The van der Waals surface area contributed by atoms with Crippen molar-refractivity contribution in [3.05, 3.63) is 85.5 Å². The highest BCUT2D eigenvalue weighted by Gasteiger charge is 2.14. The van der Waals surface area contributed by atoms with Crippen LogP contribution < -0.4 is 57.1 Å². The third kappa shape index (κ3) is 5.57. The van der Waals surface area contributed by atoms with E-state index in [1.54, 1.807) is 0 Å². The van der Waals surface area contributed by atoms with Gasteiger partial charge in [-0.3, -0.25) is 0 Å². The molecular formula is C32H36I2N4. The molecule has 0 atom stereocenters. The van der Waals surface area contributed by atoms with Gasteiger partial charge in [0.1, 0.15) is 14.1 Å². The molecule has 0 aliphatic carbocycles. The number of fused-ring (bicyclic) bond motifs is 6. The molecule has 0 saturated heterocycles. The second-order valence-corrected chi connectivity index (χ2v) is 10.3. The van der Waals surface area contributed by atoms with Crippen molar-refractivity contribution in [1.82, 2.24) is 9.13 Å². The van der Waals surface area contributed by atoms with Gasteiger partial charge in [-0.05, 0) is 25.0 Å². The van der Waals surface area contributed by atoms with E-state index >= 15 is 0 Å². The number of unbranched alkanes of at least 4 members (excludes halogenated alkanes) is 5. The van der Waals surface area contributed by atoms with E-state index in [2.05, 4.69) is 118 Å². The lowest BCUT2D eigenvalue weighted by atomic mass is 10.1. The topological polar surface area (TPSA) is 17.6 Å². The van der Waals surface area contributed by atoms with Crippen molar-refractivity contribution in [3.63, 3.8) is 0 Å². The minimum atomic E-state index is 0. The van der Waals surface area contributed by atoms with Gasteiger partial charge in [-0.15, -0.1) is 0 Å². The molecule has 4 aromatic heterocycles. The zero-order valence-corrected chi connectivity index (χ0v) is 26.6. The summed E-state index contributed by atoms with van der Waals surface area (Å²) in [6.07, 6.45) is 16.5. The van der Waals surface area contributed by atoms with Gasteiger partial charge in [0.25, 0.3) is 0 Å². The van der Waals surface area contributed by atoms with Gasteiger partial charge < -0.3 is 57.1 Å². The van der Waals surface area contributed by atoms with Gasteiger partial charge >= 0.3 is 0 Å². The Morgan fingerprint density at radius 3 is 1.29 bits per heavy atom. The first-order valence-corrected chi connectivity index (χ1v) is 13.4. The summed E-state index contributed by atoms with van der Waals surface area (Å²) < 4.78 is 9.34. The highest BCUT2D eigenvalue weighted by atomic mass is 127. The van der Waals surface area contributed by atoms with Gasteiger partial charge in [0.05, 0.1) is 21.8 Å². The molecular weight excluding hydrogens is 694 g/mol. The zero-order chi connectivity index (χ0) is 24.5. The van der Waals surface area contributed by atoms with Crippen LogP contribution >= 0.6 is 0 Å².